The number of hydrogen-bond acceptors (Lipinski definition) is 14. The zero-order chi connectivity index (χ0) is 50.1. The Bertz CT molecular complexity index is 2190. The third-order valence-electron chi connectivity index (χ3n) is 11.2. The zero-order valence-corrected chi connectivity index (χ0v) is 38.8. The highest BCUT2D eigenvalue weighted by Crippen LogP contribution is 2.44. The number of alkyl carbamates (subject to hydrolysis) is 1. The molecule has 3 aromatic carbocycles. The monoisotopic (exact) mass is 961 g/mol. The van der Waals surface area contributed by atoms with Gasteiger partial charge in [-0.2, -0.15) is 0 Å². The lowest BCUT2D eigenvalue weighted by Gasteiger charge is -2.40. The number of carbonyl (C=O) groups is 7. The van der Waals surface area contributed by atoms with Gasteiger partial charge in [0.2, 0.25) is 35.4 Å². The maximum atomic E-state index is 13.5. The number of fused-ring (bicyclic) bond motifs is 3. The smallest absolute Gasteiger partial charge is 0.407 e. The number of aliphatic hydroxyl groups is 4. The standard InChI is InChI=1S/C48H63N7O14/c1-48(2,3)26-67-27-53-40(59)22-52-46(65)35(19-28-11-5-4-6-12-28)54-41(60)23-50-39(58)21-51-45(64)34(17-18-38(57)49-20-36-42(61)44(63)43(62)37(24-56)69-36)55-47(66)68-25-33-31-15-9-7-13-29(31)30-14-8-10-16-32(30)33/h4-16,33-37,42-44,56,61-63H,17-27H2,1-3H3,(H,49,57)(H,50,58)(H,51,64)(H,52,65)(H,53,59)(H,54,60)(H,55,66)/t34-,35-,36-,37+,42-,43+,44+/m0/s1. The predicted molar refractivity (Wildman–Crippen MR) is 248 cm³/mol. The number of rotatable bonds is 23. The lowest BCUT2D eigenvalue weighted by atomic mass is 9.95. The summed E-state index contributed by atoms with van der Waals surface area (Å²) < 4.78 is 16.5. The van der Waals surface area contributed by atoms with Gasteiger partial charge in [0.05, 0.1) is 32.8 Å². The lowest BCUT2D eigenvalue weighted by molar-refractivity contribution is -0.227. The molecule has 1 fully saturated rings. The van der Waals surface area contributed by atoms with E-state index in [-0.39, 0.29) is 57.0 Å². The number of benzene rings is 3. The second-order valence-electron chi connectivity index (χ2n) is 17.9. The highest BCUT2D eigenvalue weighted by molar-refractivity contribution is 5.93. The number of carbonyl (C=O) groups excluding carboxylic acids is 7. The van der Waals surface area contributed by atoms with Crippen LogP contribution < -0.4 is 37.2 Å². The maximum Gasteiger partial charge on any atom is 0.407 e. The van der Waals surface area contributed by atoms with Crippen LogP contribution in [-0.2, 0) is 49.4 Å². The molecule has 0 bridgehead atoms. The average Bonchev–Trinajstić information content (AvgIpc) is 3.65. The summed E-state index contributed by atoms with van der Waals surface area (Å²) in [5.74, 6) is -4.58. The fourth-order valence-electron chi connectivity index (χ4n) is 7.65. The molecule has 1 saturated heterocycles. The number of ether oxygens (including phenoxy) is 3. The SMILES string of the molecule is CC(C)(C)COCNC(=O)CNC(=O)[C@H](Cc1ccccc1)NC(=O)CNC(=O)CNC(=O)[C@H](CCC(=O)NC[C@@H]1O[C@H](CO)[C@@H](O)[C@H](O)[C@H]1O)NC(=O)OCC1c2ccccc2-c2ccccc21. The Morgan fingerprint density at radius 2 is 1.20 bits per heavy atom. The number of aliphatic hydroxyl groups excluding tert-OH is 4. The minimum absolute atomic E-state index is 0.0552. The molecule has 21 heteroatoms. The van der Waals surface area contributed by atoms with Crippen LogP contribution in [0.25, 0.3) is 11.1 Å². The molecule has 0 saturated carbocycles. The molecule has 7 amide bonds. The van der Waals surface area contributed by atoms with E-state index in [1.165, 1.54) is 0 Å². The zero-order valence-electron chi connectivity index (χ0n) is 38.8. The van der Waals surface area contributed by atoms with Crippen LogP contribution in [0.5, 0.6) is 0 Å². The molecular formula is C48H63N7O14. The Kier molecular flexibility index (Phi) is 20.0. The van der Waals surface area contributed by atoms with Crippen LogP contribution in [-0.4, -0.2) is 157 Å². The van der Waals surface area contributed by atoms with Gasteiger partial charge < -0.3 is 71.9 Å². The van der Waals surface area contributed by atoms with Crippen molar-refractivity contribution in [3.63, 3.8) is 0 Å². The first-order valence-electron chi connectivity index (χ1n) is 22.6. The van der Waals surface area contributed by atoms with Gasteiger partial charge in [-0.3, -0.25) is 28.8 Å². The summed E-state index contributed by atoms with van der Waals surface area (Å²) in [5, 5.41) is 57.4. The molecule has 3 aromatic rings. The van der Waals surface area contributed by atoms with Gasteiger partial charge in [0.15, 0.2) is 0 Å². The van der Waals surface area contributed by atoms with E-state index in [0.717, 1.165) is 22.3 Å². The van der Waals surface area contributed by atoms with Crippen molar-refractivity contribution >= 4 is 41.5 Å². The molecule has 1 aliphatic carbocycles. The number of nitrogens with one attached hydrogen (secondary N) is 7. The number of amides is 7. The highest BCUT2D eigenvalue weighted by atomic mass is 16.6. The molecule has 1 heterocycles. The van der Waals surface area contributed by atoms with Gasteiger partial charge in [-0.25, -0.2) is 4.79 Å². The van der Waals surface area contributed by atoms with Crippen LogP contribution in [0.15, 0.2) is 78.9 Å². The lowest BCUT2D eigenvalue weighted by Crippen LogP contribution is -2.60. The molecule has 0 spiro atoms. The van der Waals surface area contributed by atoms with Crippen LogP contribution in [0, 0.1) is 5.41 Å². The Morgan fingerprint density at radius 1 is 0.638 bits per heavy atom. The Morgan fingerprint density at radius 3 is 1.83 bits per heavy atom. The molecule has 0 radical (unpaired) electrons. The van der Waals surface area contributed by atoms with Crippen molar-refractivity contribution in [1.82, 2.24) is 37.2 Å². The van der Waals surface area contributed by atoms with E-state index in [2.05, 4.69) is 37.2 Å². The molecule has 2 aliphatic rings. The highest BCUT2D eigenvalue weighted by Gasteiger charge is 2.43. The first-order chi connectivity index (χ1) is 32.9. The second kappa shape index (κ2) is 25.8. The van der Waals surface area contributed by atoms with Crippen LogP contribution in [0.3, 0.4) is 0 Å². The fourth-order valence-corrected chi connectivity index (χ4v) is 7.65. The van der Waals surface area contributed by atoms with Gasteiger partial charge in [-0.15, -0.1) is 0 Å². The van der Waals surface area contributed by atoms with Gasteiger partial charge in [0.1, 0.15) is 55.9 Å². The topological polar surface area (TPSA) is 312 Å². The third kappa shape index (κ3) is 16.3. The van der Waals surface area contributed by atoms with Gasteiger partial charge in [0.25, 0.3) is 0 Å². The summed E-state index contributed by atoms with van der Waals surface area (Å²) >= 11 is 0. The van der Waals surface area contributed by atoms with Gasteiger partial charge in [0, 0.05) is 25.3 Å². The normalized spacial score (nSPS) is 19.4. The van der Waals surface area contributed by atoms with E-state index in [9.17, 15) is 54.0 Å². The molecule has 5 rings (SSSR count). The van der Waals surface area contributed by atoms with E-state index in [1.807, 2.05) is 69.3 Å². The van der Waals surface area contributed by atoms with Crippen molar-refractivity contribution in [3.05, 3.63) is 95.6 Å². The molecule has 0 unspecified atom stereocenters. The van der Waals surface area contributed by atoms with Crippen molar-refractivity contribution in [2.24, 2.45) is 5.41 Å². The Labute approximate surface area is 399 Å². The molecular weight excluding hydrogens is 899 g/mol. The third-order valence-corrected chi connectivity index (χ3v) is 11.2. The van der Waals surface area contributed by atoms with Crippen molar-refractivity contribution in [2.45, 2.75) is 88.6 Å². The minimum atomic E-state index is -1.66. The summed E-state index contributed by atoms with van der Waals surface area (Å²) in [5.41, 5.74) is 4.49. The van der Waals surface area contributed by atoms with E-state index in [4.69, 9.17) is 14.2 Å². The second-order valence-corrected chi connectivity index (χ2v) is 17.9. The summed E-state index contributed by atoms with van der Waals surface area (Å²) in [7, 11) is 0. The van der Waals surface area contributed by atoms with Crippen LogP contribution in [0.4, 0.5) is 4.79 Å². The molecule has 1 aliphatic heterocycles. The molecule has 0 aromatic heterocycles. The van der Waals surface area contributed by atoms with E-state index >= 15 is 0 Å². The van der Waals surface area contributed by atoms with Crippen LogP contribution in [0.1, 0.15) is 56.2 Å². The van der Waals surface area contributed by atoms with E-state index in [0.29, 0.717) is 12.2 Å². The van der Waals surface area contributed by atoms with E-state index < -0.39 is 104 Å². The van der Waals surface area contributed by atoms with Crippen LogP contribution in [0.2, 0.25) is 0 Å². The van der Waals surface area contributed by atoms with Gasteiger partial charge in [-0.05, 0) is 39.7 Å². The molecule has 7 atom stereocenters. The first-order valence-corrected chi connectivity index (χ1v) is 22.6. The summed E-state index contributed by atoms with van der Waals surface area (Å²) in [4.78, 5) is 91.3. The maximum absolute atomic E-state index is 13.5. The van der Waals surface area contributed by atoms with E-state index in [1.54, 1.807) is 30.3 Å². The molecule has 69 heavy (non-hydrogen) atoms. The average molecular weight is 962 g/mol. The van der Waals surface area contributed by atoms with Crippen LogP contribution >= 0.6 is 0 Å². The molecule has 21 nitrogen and oxygen atoms in total. The Balaban J connectivity index is 1.15. The van der Waals surface area contributed by atoms with Crippen molar-refractivity contribution in [1.29, 1.82) is 0 Å². The fraction of sp³-hybridized carbons (Fsp3) is 0.479. The first kappa shape index (κ1) is 53.5. The van der Waals surface area contributed by atoms with Gasteiger partial charge in [-0.1, -0.05) is 99.6 Å². The summed E-state index contributed by atoms with van der Waals surface area (Å²) in [6.07, 6.45) is -8.84. The molecule has 374 valence electrons. The summed E-state index contributed by atoms with van der Waals surface area (Å²) in [6.45, 7) is 3.52. The van der Waals surface area contributed by atoms with Gasteiger partial charge >= 0.3 is 6.09 Å². The largest absolute Gasteiger partial charge is 0.449 e. The quantitative estimate of drug-likeness (QED) is 0.0395. The minimum Gasteiger partial charge on any atom is -0.449 e. The van der Waals surface area contributed by atoms with Crippen molar-refractivity contribution < 1.29 is 68.2 Å². The predicted octanol–water partition coefficient (Wildman–Crippen LogP) is -1.15. The Hall–Kier alpha value is -6.49. The van der Waals surface area contributed by atoms with Crippen molar-refractivity contribution in [2.75, 3.05) is 52.7 Å². The van der Waals surface area contributed by atoms with Crippen molar-refractivity contribution in [3.8, 4) is 11.1 Å². The number of hydrogen-bond donors (Lipinski definition) is 11. The summed E-state index contributed by atoms with van der Waals surface area (Å²) in [6, 6.07) is 21.6. The molecule has 11 N–H and O–H groups in total.